The number of carbonyl (C=O) groups is 1. The second kappa shape index (κ2) is 8.99. The molecule has 4 rings (SSSR count). The maximum atomic E-state index is 12.8. The third-order valence-electron chi connectivity index (χ3n) is 5.40. The monoisotopic (exact) mass is 398 g/mol. The highest BCUT2D eigenvalue weighted by Crippen LogP contribution is 2.36. The van der Waals surface area contributed by atoms with Crippen LogP contribution in [0.25, 0.3) is 0 Å². The van der Waals surface area contributed by atoms with Crippen molar-refractivity contribution in [2.75, 3.05) is 40.0 Å². The van der Waals surface area contributed by atoms with Crippen molar-refractivity contribution in [1.29, 1.82) is 0 Å². The van der Waals surface area contributed by atoms with E-state index in [1.54, 1.807) is 18.9 Å². The summed E-state index contributed by atoms with van der Waals surface area (Å²) in [7, 11) is 1.67. The molecule has 0 spiro atoms. The van der Waals surface area contributed by atoms with E-state index in [9.17, 15) is 4.79 Å². The second-order valence-corrected chi connectivity index (χ2v) is 8.35. The number of hydrogen-bond acceptors (Lipinski definition) is 5. The van der Waals surface area contributed by atoms with Gasteiger partial charge in [0.25, 0.3) is 0 Å². The smallest absolute Gasteiger partial charge is 0.233 e. The highest BCUT2D eigenvalue weighted by Gasteiger charge is 2.29. The van der Waals surface area contributed by atoms with Gasteiger partial charge < -0.3 is 14.8 Å². The number of amides is 1. The molecule has 2 aromatic carbocycles. The predicted molar refractivity (Wildman–Crippen MR) is 111 cm³/mol. The molecule has 2 aliphatic heterocycles. The molecule has 1 saturated heterocycles. The first-order valence-electron chi connectivity index (χ1n) is 9.72. The van der Waals surface area contributed by atoms with E-state index in [1.807, 2.05) is 24.3 Å². The summed E-state index contributed by atoms with van der Waals surface area (Å²) in [6.07, 6.45) is 0.803. The number of benzene rings is 2. The van der Waals surface area contributed by atoms with E-state index in [4.69, 9.17) is 9.47 Å². The Balaban J connectivity index is 1.42. The van der Waals surface area contributed by atoms with Gasteiger partial charge >= 0.3 is 0 Å². The van der Waals surface area contributed by atoms with Crippen molar-refractivity contribution in [3.8, 4) is 5.75 Å². The lowest BCUT2D eigenvalue weighted by molar-refractivity contribution is -0.120. The molecule has 0 bridgehead atoms. The summed E-state index contributed by atoms with van der Waals surface area (Å²) in [5, 5.41) is 3.17. The van der Waals surface area contributed by atoms with E-state index in [0.29, 0.717) is 6.54 Å². The molecule has 0 saturated carbocycles. The van der Waals surface area contributed by atoms with Gasteiger partial charge in [-0.1, -0.05) is 30.3 Å². The van der Waals surface area contributed by atoms with Crippen molar-refractivity contribution in [2.24, 2.45) is 0 Å². The van der Waals surface area contributed by atoms with E-state index in [0.717, 1.165) is 38.5 Å². The van der Waals surface area contributed by atoms with E-state index in [1.165, 1.54) is 16.0 Å². The molecule has 1 fully saturated rings. The Morgan fingerprint density at radius 2 is 1.96 bits per heavy atom. The van der Waals surface area contributed by atoms with Crippen LogP contribution in [-0.4, -0.2) is 56.0 Å². The fourth-order valence-electron chi connectivity index (χ4n) is 3.81. The zero-order chi connectivity index (χ0) is 19.3. The molecule has 2 atom stereocenters. The number of ether oxygens (including phenoxy) is 2. The fraction of sp³-hybridized carbons (Fsp3) is 0.409. The molecule has 6 heteroatoms. The molecule has 5 nitrogen and oxygen atoms in total. The van der Waals surface area contributed by atoms with Crippen molar-refractivity contribution >= 4 is 17.7 Å². The minimum Gasteiger partial charge on any atom is -0.497 e. The Labute approximate surface area is 170 Å². The number of hydrogen-bond donors (Lipinski definition) is 1. The van der Waals surface area contributed by atoms with Gasteiger partial charge in [-0.05, 0) is 35.7 Å². The lowest BCUT2D eigenvalue weighted by Crippen LogP contribution is -2.45. The molecule has 148 valence electrons. The topological polar surface area (TPSA) is 50.8 Å². The van der Waals surface area contributed by atoms with Crippen molar-refractivity contribution in [1.82, 2.24) is 10.2 Å². The Kier molecular flexibility index (Phi) is 6.20. The number of nitrogens with one attached hydrogen (secondary N) is 1. The van der Waals surface area contributed by atoms with E-state index >= 15 is 0 Å². The number of carbonyl (C=O) groups excluding carboxylic acids is 1. The van der Waals surface area contributed by atoms with Crippen LogP contribution in [0.2, 0.25) is 0 Å². The van der Waals surface area contributed by atoms with Gasteiger partial charge in [0.05, 0.1) is 31.6 Å². The normalized spacial score (nSPS) is 20.4. The average Bonchev–Trinajstić information content (AvgIpc) is 3.19. The molecular formula is C22H26N2O3S. The molecule has 1 N–H and O–H groups in total. The molecule has 2 aromatic rings. The van der Waals surface area contributed by atoms with Gasteiger partial charge in [0.15, 0.2) is 0 Å². The summed E-state index contributed by atoms with van der Waals surface area (Å²) in [4.78, 5) is 16.5. The summed E-state index contributed by atoms with van der Waals surface area (Å²) < 4.78 is 10.8. The molecule has 0 aliphatic carbocycles. The van der Waals surface area contributed by atoms with Crippen LogP contribution in [0.1, 0.15) is 17.2 Å². The molecule has 2 unspecified atom stereocenters. The fourth-order valence-corrected chi connectivity index (χ4v) is 5.03. The van der Waals surface area contributed by atoms with Gasteiger partial charge in [-0.2, -0.15) is 0 Å². The van der Waals surface area contributed by atoms with Gasteiger partial charge in [0.1, 0.15) is 5.75 Å². The van der Waals surface area contributed by atoms with Crippen molar-refractivity contribution in [3.05, 3.63) is 59.7 Å². The Morgan fingerprint density at radius 1 is 1.21 bits per heavy atom. The summed E-state index contributed by atoms with van der Waals surface area (Å²) >= 11 is 1.67. The first-order chi connectivity index (χ1) is 13.7. The van der Waals surface area contributed by atoms with E-state index in [2.05, 4.69) is 34.5 Å². The first-order valence-corrected chi connectivity index (χ1v) is 10.6. The number of methoxy groups -OCH3 is 1. The van der Waals surface area contributed by atoms with Gasteiger partial charge in [-0.3, -0.25) is 9.69 Å². The molecule has 1 amide bonds. The Bertz CT molecular complexity index is 781. The maximum Gasteiger partial charge on any atom is 0.233 e. The average molecular weight is 399 g/mol. The van der Waals surface area contributed by atoms with Crippen LogP contribution in [0.15, 0.2) is 53.4 Å². The van der Waals surface area contributed by atoms with Crippen LogP contribution in [-0.2, 0) is 16.0 Å². The molecule has 0 radical (unpaired) electrons. The van der Waals surface area contributed by atoms with Crippen LogP contribution in [0.3, 0.4) is 0 Å². The minimum atomic E-state index is -0.0430. The van der Waals surface area contributed by atoms with Crippen LogP contribution >= 0.6 is 11.8 Å². The summed E-state index contributed by atoms with van der Waals surface area (Å²) in [5.41, 5.74) is 2.46. The van der Waals surface area contributed by atoms with Gasteiger partial charge in [0.2, 0.25) is 5.91 Å². The number of thioether (sulfide) groups is 1. The number of morpholine rings is 1. The van der Waals surface area contributed by atoms with Crippen LogP contribution in [0, 0.1) is 0 Å². The summed E-state index contributed by atoms with van der Waals surface area (Å²) in [5.74, 6) is 0.960. The molecular weight excluding hydrogens is 372 g/mol. The summed E-state index contributed by atoms with van der Waals surface area (Å²) in [6, 6.07) is 16.6. The Morgan fingerprint density at radius 3 is 2.68 bits per heavy atom. The summed E-state index contributed by atoms with van der Waals surface area (Å²) in [6.45, 7) is 3.80. The van der Waals surface area contributed by atoms with Gasteiger partial charge in [0, 0.05) is 24.5 Å². The molecule has 0 aromatic heterocycles. The third kappa shape index (κ3) is 4.35. The largest absolute Gasteiger partial charge is 0.497 e. The van der Waals surface area contributed by atoms with Crippen LogP contribution in [0.5, 0.6) is 5.75 Å². The van der Waals surface area contributed by atoms with Crippen molar-refractivity contribution < 1.29 is 14.3 Å². The highest BCUT2D eigenvalue weighted by molar-refractivity contribution is 8.01. The zero-order valence-electron chi connectivity index (χ0n) is 16.1. The van der Waals surface area contributed by atoms with Crippen molar-refractivity contribution in [3.63, 3.8) is 0 Å². The molecule has 2 heterocycles. The van der Waals surface area contributed by atoms with Crippen LogP contribution < -0.4 is 10.1 Å². The maximum absolute atomic E-state index is 12.8. The SMILES string of the molecule is COc1ccc(C(CNC(=O)C2Cc3ccccc3S2)N2CCOCC2)cc1. The first kappa shape index (κ1) is 19.3. The standard InChI is InChI=1S/C22H26N2O3S/c1-26-18-8-6-16(7-9-18)19(24-10-12-27-13-11-24)15-23-22(25)21-14-17-4-2-3-5-20(17)28-21/h2-9,19,21H,10-15H2,1H3,(H,23,25). The van der Waals surface area contributed by atoms with Crippen LogP contribution in [0.4, 0.5) is 0 Å². The highest BCUT2D eigenvalue weighted by atomic mass is 32.2. The quantitative estimate of drug-likeness (QED) is 0.811. The molecule has 28 heavy (non-hydrogen) atoms. The minimum absolute atomic E-state index is 0.0430. The molecule has 2 aliphatic rings. The van der Waals surface area contributed by atoms with Gasteiger partial charge in [-0.25, -0.2) is 0 Å². The predicted octanol–water partition coefficient (Wildman–Crippen LogP) is 2.90. The number of fused-ring (bicyclic) bond motifs is 1. The van der Waals surface area contributed by atoms with Crippen molar-refractivity contribution in [2.45, 2.75) is 22.6 Å². The number of nitrogens with zero attached hydrogens (tertiary/aromatic N) is 1. The lowest BCUT2D eigenvalue weighted by atomic mass is 10.0. The van der Waals surface area contributed by atoms with E-state index < -0.39 is 0 Å². The van der Waals surface area contributed by atoms with E-state index in [-0.39, 0.29) is 17.2 Å². The zero-order valence-corrected chi connectivity index (χ0v) is 16.9. The number of rotatable bonds is 6. The second-order valence-electron chi connectivity index (χ2n) is 7.10. The lowest BCUT2D eigenvalue weighted by Gasteiger charge is -2.35. The third-order valence-corrected chi connectivity index (χ3v) is 6.71. The Hall–Kier alpha value is -2.02. The van der Waals surface area contributed by atoms with Gasteiger partial charge in [-0.15, -0.1) is 11.8 Å².